The minimum atomic E-state index is 0. The summed E-state index contributed by atoms with van der Waals surface area (Å²) in [5, 5.41) is 0. The Bertz CT molecular complexity index is 555. The van der Waals surface area contributed by atoms with Crippen molar-refractivity contribution in [2.75, 3.05) is 0 Å². The molecule has 0 unspecified atom stereocenters. The van der Waals surface area contributed by atoms with Crippen LogP contribution in [0.5, 0.6) is 0 Å². The van der Waals surface area contributed by atoms with E-state index in [9.17, 15) is 0 Å². The molecule has 144 valence electrons. The molecule has 0 radical (unpaired) electrons. The molecule has 0 amide bonds. The van der Waals surface area contributed by atoms with Gasteiger partial charge >= 0.3 is 0 Å². The van der Waals surface area contributed by atoms with Gasteiger partial charge in [-0.3, -0.25) is 12.2 Å². The van der Waals surface area contributed by atoms with Gasteiger partial charge in [-0.15, -0.1) is 37.1 Å². The van der Waals surface area contributed by atoms with Crippen molar-refractivity contribution < 1.29 is 21.7 Å². The molecule has 0 fully saturated rings. The molecule has 0 nitrogen and oxygen atoms in total. The van der Waals surface area contributed by atoms with Crippen molar-refractivity contribution in [3.63, 3.8) is 0 Å². The summed E-state index contributed by atoms with van der Waals surface area (Å²) >= 11 is 0. The molecule has 1 heteroatoms. The van der Waals surface area contributed by atoms with Gasteiger partial charge in [0.1, 0.15) is 0 Å². The maximum absolute atomic E-state index is 3.72. The van der Waals surface area contributed by atoms with Gasteiger partial charge < -0.3 is 14.9 Å². The van der Waals surface area contributed by atoms with Crippen molar-refractivity contribution in [3.05, 3.63) is 149 Å². The molecule has 2 aliphatic rings. The maximum Gasteiger partial charge on any atom is 0 e. The van der Waals surface area contributed by atoms with Gasteiger partial charge in [0, 0.05) is 21.7 Å². The quantitative estimate of drug-likeness (QED) is 0.328. The summed E-state index contributed by atoms with van der Waals surface area (Å²) < 4.78 is 0. The average molecular weight is 390 g/mol. The monoisotopic (exact) mass is 390 g/mol. The van der Waals surface area contributed by atoms with Crippen molar-refractivity contribution in [3.8, 4) is 0 Å². The van der Waals surface area contributed by atoms with E-state index < -0.39 is 0 Å². The van der Waals surface area contributed by atoms with Gasteiger partial charge in [0.05, 0.1) is 0 Å². The molecule has 27 heavy (non-hydrogen) atoms. The molecule has 0 heterocycles. The molecule has 0 saturated carbocycles. The van der Waals surface area contributed by atoms with E-state index in [1.165, 1.54) is 0 Å². The Kier molecular flexibility index (Phi) is 24.0. The zero-order chi connectivity index (χ0) is 17.3. The second-order valence-electron chi connectivity index (χ2n) is 4.98. The van der Waals surface area contributed by atoms with Gasteiger partial charge in [0.15, 0.2) is 0 Å². The van der Waals surface area contributed by atoms with Crippen LogP contribution in [0.4, 0.5) is 0 Å². The topological polar surface area (TPSA) is 0 Å². The van der Waals surface area contributed by atoms with E-state index in [-0.39, 0.29) is 36.6 Å². The standard InChI is InChI=1S/2C7H7.2C5H5.2CH3.Ti/c2*1-7-5-3-2-4-6-7;2*1-2-4-5-3-1;;;/h2*2-6H,1H2;2*1-3H,4H2;2*1H3;/q6*-1;. The van der Waals surface area contributed by atoms with Gasteiger partial charge in [0.25, 0.3) is 0 Å². The van der Waals surface area contributed by atoms with E-state index in [1.807, 2.05) is 85.0 Å². The number of hydrogen-bond donors (Lipinski definition) is 0. The molecule has 0 saturated heterocycles. The number of allylic oxidation sites excluding steroid dienone is 8. The van der Waals surface area contributed by atoms with E-state index in [4.69, 9.17) is 0 Å². The number of rotatable bonds is 0. The van der Waals surface area contributed by atoms with Crippen molar-refractivity contribution in [2.24, 2.45) is 0 Å². The second kappa shape index (κ2) is 21.9. The predicted molar refractivity (Wildman–Crippen MR) is 118 cm³/mol. The van der Waals surface area contributed by atoms with Crippen LogP contribution >= 0.6 is 0 Å². The van der Waals surface area contributed by atoms with E-state index in [1.54, 1.807) is 0 Å². The first-order chi connectivity index (χ1) is 11.8. The third-order valence-corrected chi connectivity index (χ3v) is 2.86. The maximum atomic E-state index is 3.72. The van der Waals surface area contributed by atoms with E-state index in [0.29, 0.717) is 0 Å². The van der Waals surface area contributed by atoms with Crippen LogP contribution in [0.3, 0.4) is 0 Å². The SMILES string of the molecule is [C-]1=CC=CC1.[C-]1=CC=CC1.[CH2-]c1ccccc1.[CH2-]c1ccccc1.[CH3-].[CH3-].[Ti]. The number of hydrogen-bond acceptors (Lipinski definition) is 0. The van der Waals surface area contributed by atoms with Crippen LogP contribution in [-0.4, -0.2) is 0 Å². The Morgan fingerprint density at radius 1 is 0.593 bits per heavy atom. The fraction of sp³-hybridized carbons (Fsp3) is 0.0769. The molecule has 0 aliphatic heterocycles. The summed E-state index contributed by atoms with van der Waals surface area (Å²) in [5.41, 5.74) is 2.14. The zero-order valence-electron chi connectivity index (χ0n) is 16.6. The molecule has 4 rings (SSSR count). The molecule has 0 bridgehead atoms. The van der Waals surface area contributed by atoms with E-state index in [2.05, 4.69) is 38.2 Å². The molecule has 2 aromatic rings. The Hall–Kier alpha value is -2.15. The van der Waals surface area contributed by atoms with Gasteiger partial charge in [0.2, 0.25) is 0 Å². The molecular weight excluding hydrogens is 360 g/mol. The summed E-state index contributed by atoms with van der Waals surface area (Å²) in [4.78, 5) is 0. The van der Waals surface area contributed by atoms with Gasteiger partial charge in [-0.1, -0.05) is 12.1 Å². The first-order valence-corrected chi connectivity index (χ1v) is 7.96. The van der Waals surface area contributed by atoms with Crippen LogP contribution in [0.25, 0.3) is 0 Å². The van der Waals surface area contributed by atoms with Crippen LogP contribution in [0.2, 0.25) is 0 Å². The molecule has 2 aliphatic carbocycles. The summed E-state index contributed by atoms with van der Waals surface area (Å²) in [5.74, 6) is 0. The zero-order valence-corrected chi connectivity index (χ0v) is 18.1. The summed E-state index contributed by atoms with van der Waals surface area (Å²) in [6, 6.07) is 19.7. The van der Waals surface area contributed by atoms with Crippen LogP contribution in [-0.2, 0) is 21.7 Å². The second-order valence-corrected chi connectivity index (χ2v) is 4.98. The van der Waals surface area contributed by atoms with E-state index >= 15 is 0 Å². The predicted octanol–water partition coefficient (Wildman–Crippen LogP) is 7.25. The molecule has 2 aromatic carbocycles. The fourth-order valence-corrected chi connectivity index (χ4v) is 1.64. The van der Waals surface area contributed by atoms with Crippen molar-refractivity contribution in [2.45, 2.75) is 12.8 Å². The summed E-state index contributed by atoms with van der Waals surface area (Å²) in [6.07, 6.45) is 20.0. The Morgan fingerprint density at radius 3 is 1.04 bits per heavy atom. The van der Waals surface area contributed by atoms with Crippen molar-refractivity contribution in [1.82, 2.24) is 0 Å². The summed E-state index contributed by atoms with van der Waals surface area (Å²) in [6.45, 7) is 7.44. The Labute approximate surface area is 183 Å². The average Bonchev–Trinajstić information content (AvgIpc) is 3.36. The molecular formula is C26H30Ti-6. The molecule has 0 atom stereocenters. The molecule has 0 aromatic heterocycles. The van der Waals surface area contributed by atoms with Gasteiger partial charge in [-0.2, -0.15) is 61.4 Å². The third-order valence-electron chi connectivity index (χ3n) is 2.86. The van der Waals surface area contributed by atoms with Crippen LogP contribution in [0, 0.1) is 40.9 Å². The minimum absolute atomic E-state index is 0. The van der Waals surface area contributed by atoms with Crippen LogP contribution in [0.1, 0.15) is 24.0 Å². The van der Waals surface area contributed by atoms with Gasteiger partial charge in [-0.25, -0.2) is 24.3 Å². The first-order valence-electron chi connectivity index (χ1n) is 7.96. The fourth-order valence-electron chi connectivity index (χ4n) is 1.64. The smallest absolute Gasteiger partial charge is 0 e. The number of benzene rings is 2. The van der Waals surface area contributed by atoms with Gasteiger partial charge in [-0.05, 0) is 0 Å². The molecule has 0 spiro atoms. The van der Waals surface area contributed by atoms with Crippen LogP contribution in [0.15, 0.2) is 97.1 Å². The first kappa shape index (κ1) is 29.6. The van der Waals surface area contributed by atoms with Crippen molar-refractivity contribution in [1.29, 1.82) is 0 Å². The normalized spacial score (nSPS) is 11.0. The summed E-state index contributed by atoms with van der Waals surface area (Å²) in [7, 11) is 0. The minimum Gasteiger partial charge on any atom is -0.358 e. The Morgan fingerprint density at radius 2 is 0.926 bits per heavy atom. The third kappa shape index (κ3) is 20.0. The van der Waals surface area contributed by atoms with Crippen LogP contribution < -0.4 is 0 Å². The largest absolute Gasteiger partial charge is 0.358 e. The van der Waals surface area contributed by atoms with Crippen molar-refractivity contribution >= 4 is 0 Å². The Balaban J connectivity index is -0.000000277. The molecule has 0 N–H and O–H groups in total. The van der Waals surface area contributed by atoms with E-state index in [0.717, 1.165) is 24.0 Å².